The number of hydrogen-bond donors (Lipinski definition) is 0. The SMILES string of the molecule is CCOc1ccc(C23CCC(C2)C2CSCC23)c2ccccc12. The van der Waals surface area contributed by atoms with Crippen LogP contribution >= 0.6 is 11.8 Å². The first-order valence-corrected chi connectivity index (χ1v) is 10.2. The zero-order chi connectivity index (χ0) is 15.4. The van der Waals surface area contributed by atoms with Gasteiger partial charge < -0.3 is 4.74 Å². The molecule has 0 aromatic heterocycles. The van der Waals surface area contributed by atoms with Crippen LogP contribution in [0.4, 0.5) is 0 Å². The number of benzene rings is 2. The van der Waals surface area contributed by atoms with Crippen LogP contribution in [0.25, 0.3) is 10.8 Å². The van der Waals surface area contributed by atoms with E-state index in [1.54, 1.807) is 5.56 Å². The number of hydrogen-bond acceptors (Lipinski definition) is 2. The molecule has 23 heavy (non-hydrogen) atoms. The standard InChI is InChI=1S/C21H24OS/c1-2-22-20-8-7-18(15-5-3-4-6-16(15)20)21-10-9-14(11-21)17-12-23-13-19(17)21/h3-8,14,17,19H,2,9-13H2,1H3. The molecule has 3 fully saturated rings. The molecule has 2 aliphatic carbocycles. The van der Waals surface area contributed by atoms with Crippen molar-refractivity contribution in [3.8, 4) is 5.75 Å². The van der Waals surface area contributed by atoms with E-state index < -0.39 is 0 Å². The molecular weight excluding hydrogens is 300 g/mol. The topological polar surface area (TPSA) is 9.23 Å². The van der Waals surface area contributed by atoms with E-state index in [1.807, 2.05) is 0 Å². The van der Waals surface area contributed by atoms with Gasteiger partial charge in [-0.25, -0.2) is 0 Å². The maximum absolute atomic E-state index is 5.90. The third kappa shape index (κ3) is 1.88. The van der Waals surface area contributed by atoms with Gasteiger partial charge in [-0.2, -0.15) is 11.8 Å². The van der Waals surface area contributed by atoms with Crippen molar-refractivity contribution >= 4 is 22.5 Å². The molecule has 2 bridgehead atoms. The summed E-state index contributed by atoms with van der Waals surface area (Å²) in [4.78, 5) is 0. The lowest BCUT2D eigenvalue weighted by molar-refractivity contribution is 0.247. The molecule has 2 heteroatoms. The molecule has 0 amide bonds. The number of ether oxygens (including phenoxy) is 1. The van der Waals surface area contributed by atoms with E-state index in [0.29, 0.717) is 5.41 Å². The van der Waals surface area contributed by atoms with Crippen molar-refractivity contribution in [2.24, 2.45) is 17.8 Å². The summed E-state index contributed by atoms with van der Waals surface area (Å²) in [7, 11) is 0. The summed E-state index contributed by atoms with van der Waals surface area (Å²) in [6.07, 6.45) is 4.28. The largest absolute Gasteiger partial charge is 0.493 e. The minimum atomic E-state index is 0.448. The molecule has 1 nitrogen and oxygen atoms in total. The van der Waals surface area contributed by atoms with Crippen LogP contribution in [-0.4, -0.2) is 18.1 Å². The van der Waals surface area contributed by atoms with Crippen molar-refractivity contribution in [2.75, 3.05) is 18.1 Å². The minimum Gasteiger partial charge on any atom is -0.493 e. The zero-order valence-corrected chi connectivity index (χ0v) is 14.6. The smallest absolute Gasteiger partial charge is 0.127 e. The van der Waals surface area contributed by atoms with Gasteiger partial charge in [0.1, 0.15) is 5.75 Å². The summed E-state index contributed by atoms with van der Waals surface area (Å²) in [6.45, 7) is 2.80. The Kier molecular flexibility index (Phi) is 3.20. The quantitative estimate of drug-likeness (QED) is 0.760. The Balaban J connectivity index is 1.70. The lowest BCUT2D eigenvalue weighted by Gasteiger charge is -2.37. The second-order valence-corrected chi connectivity index (χ2v) is 8.63. The molecular formula is C21H24OS. The Hall–Kier alpha value is -1.15. The van der Waals surface area contributed by atoms with Crippen LogP contribution in [0, 0.1) is 17.8 Å². The number of rotatable bonds is 3. The fourth-order valence-electron chi connectivity index (χ4n) is 5.85. The van der Waals surface area contributed by atoms with E-state index in [0.717, 1.165) is 30.1 Å². The van der Waals surface area contributed by atoms with Gasteiger partial charge in [0.25, 0.3) is 0 Å². The summed E-state index contributed by atoms with van der Waals surface area (Å²) in [5, 5.41) is 2.75. The van der Waals surface area contributed by atoms with Crippen molar-refractivity contribution in [1.29, 1.82) is 0 Å². The molecule has 5 rings (SSSR count). The first-order valence-electron chi connectivity index (χ1n) is 9.06. The highest BCUT2D eigenvalue weighted by Crippen LogP contribution is 2.65. The van der Waals surface area contributed by atoms with E-state index in [-0.39, 0.29) is 0 Å². The predicted molar refractivity (Wildman–Crippen MR) is 98.4 cm³/mol. The van der Waals surface area contributed by atoms with E-state index >= 15 is 0 Å². The Bertz CT molecular complexity index is 755. The van der Waals surface area contributed by atoms with Crippen molar-refractivity contribution in [2.45, 2.75) is 31.6 Å². The Labute approximate surface area is 142 Å². The second-order valence-electron chi connectivity index (χ2n) is 7.56. The lowest BCUT2D eigenvalue weighted by atomic mass is 9.67. The van der Waals surface area contributed by atoms with Gasteiger partial charge in [0.2, 0.25) is 0 Å². The van der Waals surface area contributed by atoms with Crippen LogP contribution in [0.2, 0.25) is 0 Å². The third-order valence-electron chi connectivity index (χ3n) is 6.75. The fraction of sp³-hybridized carbons (Fsp3) is 0.524. The number of fused-ring (bicyclic) bond motifs is 6. The lowest BCUT2D eigenvalue weighted by Crippen LogP contribution is -2.34. The fourth-order valence-corrected chi connectivity index (χ4v) is 7.59. The summed E-state index contributed by atoms with van der Waals surface area (Å²) < 4.78 is 5.90. The molecule has 1 saturated heterocycles. The monoisotopic (exact) mass is 324 g/mol. The highest BCUT2D eigenvalue weighted by atomic mass is 32.2. The van der Waals surface area contributed by atoms with E-state index in [2.05, 4.69) is 55.1 Å². The van der Waals surface area contributed by atoms with Crippen molar-refractivity contribution < 1.29 is 4.74 Å². The molecule has 4 unspecified atom stereocenters. The van der Waals surface area contributed by atoms with Gasteiger partial charge in [0.05, 0.1) is 6.61 Å². The van der Waals surface area contributed by atoms with Crippen LogP contribution in [0.15, 0.2) is 36.4 Å². The summed E-state index contributed by atoms with van der Waals surface area (Å²) >= 11 is 2.20. The van der Waals surface area contributed by atoms with E-state index in [1.165, 1.54) is 41.5 Å². The minimum absolute atomic E-state index is 0.448. The van der Waals surface area contributed by atoms with Crippen molar-refractivity contribution in [3.63, 3.8) is 0 Å². The maximum Gasteiger partial charge on any atom is 0.127 e. The number of thioether (sulfide) groups is 1. The van der Waals surface area contributed by atoms with Gasteiger partial charge >= 0.3 is 0 Å². The first kappa shape index (κ1) is 14.2. The van der Waals surface area contributed by atoms with Crippen LogP contribution in [0.3, 0.4) is 0 Å². The van der Waals surface area contributed by atoms with Crippen molar-refractivity contribution in [1.82, 2.24) is 0 Å². The van der Waals surface area contributed by atoms with Gasteiger partial charge in [0.15, 0.2) is 0 Å². The molecule has 120 valence electrons. The third-order valence-corrected chi connectivity index (χ3v) is 7.96. The van der Waals surface area contributed by atoms with Gasteiger partial charge in [-0.1, -0.05) is 30.3 Å². The average Bonchev–Trinajstić information content (AvgIpc) is 3.28. The van der Waals surface area contributed by atoms with Gasteiger partial charge in [-0.05, 0) is 72.5 Å². The van der Waals surface area contributed by atoms with Crippen LogP contribution in [-0.2, 0) is 5.41 Å². The van der Waals surface area contributed by atoms with Crippen LogP contribution < -0.4 is 4.74 Å². The molecule has 1 heterocycles. The maximum atomic E-state index is 5.90. The van der Waals surface area contributed by atoms with Crippen LogP contribution in [0.1, 0.15) is 31.7 Å². The molecule has 0 spiro atoms. The summed E-state index contributed by atoms with van der Waals surface area (Å²) in [5.41, 5.74) is 2.07. The highest BCUT2D eigenvalue weighted by molar-refractivity contribution is 7.99. The normalized spacial score (nSPS) is 34.9. The molecule has 1 aliphatic heterocycles. The summed E-state index contributed by atoms with van der Waals surface area (Å²) in [5.74, 6) is 6.72. The molecule has 2 aromatic carbocycles. The summed E-state index contributed by atoms with van der Waals surface area (Å²) in [6, 6.07) is 13.5. The predicted octanol–water partition coefficient (Wildman–Crippen LogP) is 5.27. The van der Waals surface area contributed by atoms with Gasteiger partial charge in [0, 0.05) is 10.8 Å². The molecule has 3 aliphatic rings. The highest BCUT2D eigenvalue weighted by Gasteiger charge is 2.59. The zero-order valence-electron chi connectivity index (χ0n) is 13.8. The Morgan fingerprint density at radius 1 is 1.13 bits per heavy atom. The van der Waals surface area contributed by atoms with Crippen LogP contribution in [0.5, 0.6) is 5.75 Å². The van der Waals surface area contributed by atoms with E-state index in [9.17, 15) is 0 Å². The molecule has 4 atom stereocenters. The Morgan fingerprint density at radius 2 is 2.00 bits per heavy atom. The average molecular weight is 324 g/mol. The molecule has 2 saturated carbocycles. The molecule has 0 N–H and O–H groups in total. The van der Waals surface area contributed by atoms with Gasteiger partial charge in [-0.3, -0.25) is 0 Å². The van der Waals surface area contributed by atoms with Crippen molar-refractivity contribution in [3.05, 3.63) is 42.0 Å². The van der Waals surface area contributed by atoms with Gasteiger partial charge in [-0.15, -0.1) is 0 Å². The molecule has 0 radical (unpaired) electrons. The second kappa shape index (κ2) is 5.17. The van der Waals surface area contributed by atoms with E-state index in [4.69, 9.17) is 4.74 Å². The Morgan fingerprint density at radius 3 is 2.87 bits per heavy atom. The first-order chi connectivity index (χ1) is 11.3. The molecule has 2 aromatic rings.